The number of aliphatic carboxylic acids is 1. The molecule has 1 saturated heterocycles. The number of nitrogens with one attached hydrogen (secondary N) is 1. The predicted molar refractivity (Wildman–Crippen MR) is 94.9 cm³/mol. The van der Waals surface area contributed by atoms with Crippen molar-refractivity contribution in [1.82, 2.24) is 5.32 Å². The van der Waals surface area contributed by atoms with Gasteiger partial charge in [0.25, 0.3) is 0 Å². The average molecular weight is 390 g/mol. The normalized spacial score (nSPS) is 28.4. The molecular formula is C17H21Cl2NO5. The van der Waals surface area contributed by atoms with Gasteiger partial charge in [-0.05, 0) is 56.2 Å². The van der Waals surface area contributed by atoms with Crippen LogP contribution in [-0.2, 0) is 4.79 Å². The monoisotopic (exact) mass is 389 g/mol. The molecule has 25 heavy (non-hydrogen) atoms. The molecule has 1 aromatic rings. The smallest absolute Gasteiger partial charge is 0.341 e. The molecule has 2 aliphatic rings. The Labute approximate surface area is 156 Å². The fourth-order valence-corrected chi connectivity index (χ4v) is 4.05. The summed E-state index contributed by atoms with van der Waals surface area (Å²) in [7, 11) is 0. The van der Waals surface area contributed by atoms with Crippen LogP contribution in [0.5, 0.6) is 5.75 Å². The Kier molecular flexibility index (Phi) is 6.54. The number of carbonyl (C=O) groups is 2. The van der Waals surface area contributed by atoms with E-state index >= 15 is 0 Å². The molecule has 3 rings (SSSR count). The highest BCUT2D eigenvalue weighted by atomic mass is 35.5. The maximum absolute atomic E-state index is 11.4. The molecule has 6 nitrogen and oxygen atoms in total. The molecule has 0 spiro atoms. The van der Waals surface area contributed by atoms with Crippen LogP contribution in [0.1, 0.15) is 36.0 Å². The van der Waals surface area contributed by atoms with Crippen LogP contribution in [0, 0.1) is 11.8 Å². The van der Waals surface area contributed by atoms with E-state index in [0.717, 1.165) is 19.3 Å². The van der Waals surface area contributed by atoms with E-state index in [1.807, 2.05) is 0 Å². The zero-order valence-electron chi connectivity index (χ0n) is 13.5. The number of halogens is 2. The standard InChI is InChI=1S/C17H20ClNO5.ClH/c18-12-2-1-3-14(15(12)17(22)23)24-11-5-4-9-8-19-13(16(20)21)7-10(9)6-11;/h1-3,9-11,13,19H,4-8H2,(H,20,21)(H,22,23);1H/t9-,10-,11-,13-;/m0./s1. The molecule has 1 aliphatic carbocycles. The number of rotatable bonds is 4. The van der Waals surface area contributed by atoms with Crippen molar-refractivity contribution in [2.75, 3.05) is 6.54 Å². The second-order valence-electron chi connectivity index (χ2n) is 6.53. The molecule has 0 bridgehead atoms. The van der Waals surface area contributed by atoms with Gasteiger partial charge >= 0.3 is 11.9 Å². The fraction of sp³-hybridized carbons (Fsp3) is 0.529. The van der Waals surface area contributed by atoms with Crippen LogP contribution in [0.15, 0.2) is 18.2 Å². The molecule has 1 aromatic carbocycles. The third-order valence-corrected chi connectivity index (χ3v) is 5.35. The van der Waals surface area contributed by atoms with Gasteiger partial charge in [0, 0.05) is 0 Å². The van der Waals surface area contributed by atoms with Gasteiger partial charge in [0.05, 0.1) is 11.1 Å². The summed E-state index contributed by atoms with van der Waals surface area (Å²) in [5, 5.41) is 21.7. The van der Waals surface area contributed by atoms with Crippen LogP contribution >= 0.6 is 24.0 Å². The number of ether oxygens (including phenoxy) is 1. The van der Waals surface area contributed by atoms with E-state index in [1.165, 1.54) is 6.07 Å². The third-order valence-electron chi connectivity index (χ3n) is 5.04. The largest absolute Gasteiger partial charge is 0.489 e. The Morgan fingerprint density at radius 3 is 2.60 bits per heavy atom. The molecule has 1 saturated carbocycles. The second kappa shape index (κ2) is 8.25. The van der Waals surface area contributed by atoms with Gasteiger partial charge < -0.3 is 20.3 Å². The molecule has 0 aromatic heterocycles. The number of carboxylic acids is 2. The Hall–Kier alpha value is -1.50. The Bertz CT molecular complexity index is 654. The Morgan fingerprint density at radius 2 is 1.92 bits per heavy atom. The van der Waals surface area contributed by atoms with E-state index < -0.39 is 18.0 Å². The van der Waals surface area contributed by atoms with Crippen LogP contribution in [0.3, 0.4) is 0 Å². The minimum atomic E-state index is -1.11. The second-order valence-corrected chi connectivity index (χ2v) is 6.93. The van der Waals surface area contributed by atoms with Crippen molar-refractivity contribution in [2.45, 2.75) is 37.8 Å². The number of carboxylic acid groups (broad SMARTS) is 2. The maximum Gasteiger partial charge on any atom is 0.341 e. The molecule has 0 unspecified atom stereocenters. The third kappa shape index (κ3) is 4.37. The average Bonchev–Trinajstić information content (AvgIpc) is 2.53. The predicted octanol–water partition coefficient (Wildman–Crippen LogP) is 3.07. The van der Waals surface area contributed by atoms with E-state index in [2.05, 4.69) is 5.32 Å². The first-order valence-electron chi connectivity index (χ1n) is 8.10. The summed E-state index contributed by atoms with van der Waals surface area (Å²) >= 11 is 5.97. The Morgan fingerprint density at radius 1 is 1.16 bits per heavy atom. The number of hydrogen-bond donors (Lipinski definition) is 3. The molecule has 0 amide bonds. The zero-order valence-corrected chi connectivity index (χ0v) is 15.1. The van der Waals surface area contributed by atoms with E-state index in [1.54, 1.807) is 12.1 Å². The van der Waals surface area contributed by atoms with Gasteiger partial charge in [0.1, 0.15) is 17.4 Å². The summed E-state index contributed by atoms with van der Waals surface area (Å²) in [5.41, 5.74) is -0.0185. The number of hydrogen-bond acceptors (Lipinski definition) is 4. The number of fused-ring (bicyclic) bond motifs is 1. The number of aromatic carboxylic acids is 1. The first-order chi connectivity index (χ1) is 11.5. The molecule has 2 fully saturated rings. The molecule has 4 atom stereocenters. The van der Waals surface area contributed by atoms with Crippen LogP contribution in [-0.4, -0.2) is 40.8 Å². The summed E-state index contributed by atoms with van der Waals surface area (Å²) in [4.78, 5) is 22.6. The van der Waals surface area contributed by atoms with Gasteiger partial charge in [0.2, 0.25) is 0 Å². The zero-order chi connectivity index (χ0) is 17.3. The van der Waals surface area contributed by atoms with Crippen molar-refractivity contribution in [1.29, 1.82) is 0 Å². The Balaban J connectivity index is 0.00000225. The molecular weight excluding hydrogens is 369 g/mol. The SMILES string of the molecule is Cl.O=C(O)c1c(Cl)cccc1O[C@H]1CC[C@H]2CN[C@H](C(=O)O)C[C@@H]2C1. The van der Waals surface area contributed by atoms with Gasteiger partial charge in [-0.15, -0.1) is 12.4 Å². The fourth-order valence-electron chi connectivity index (χ4n) is 3.81. The molecule has 8 heteroatoms. The molecule has 0 radical (unpaired) electrons. The van der Waals surface area contributed by atoms with Crippen molar-refractivity contribution in [3.63, 3.8) is 0 Å². The summed E-state index contributed by atoms with van der Waals surface area (Å²) < 4.78 is 5.94. The van der Waals surface area contributed by atoms with Crippen molar-refractivity contribution in [3.8, 4) is 5.75 Å². The molecule has 3 N–H and O–H groups in total. The van der Waals surface area contributed by atoms with Crippen LogP contribution in [0.2, 0.25) is 5.02 Å². The first kappa shape index (κ1) is 19.8. The molecule has 138 valence electrons. The summed E-state index contributed by atoms with van der Waals surface area (Å²) in [6.45, 7) is 0.714. The quantitative estimate of drug-likeness (QED) is 0.732. The molecule has 1 heterocycles. The van der Waals surface area contributed by atoms with E-state index in [-0.39, 0.29) is 40.8 Å². The van der Waals surface area contributed by atoms with Gasteiger partial charge in [-0.25, -0.2) is 4.79 Å². The first-order valence-corrected chi connectivity index (χ1v) is 8.48. The van der Waals surface area contributed by atoms with Crippen molar-refractivity contribution < 1.29 is 24.5 Å². The highest BCUT2D eigenvalue weighted by Gasteiger charge is 2.38. The number of piperidine rings is 1. The number of benzene rings is 1. The highest BCUT2D eigenvalue weighted by Crippen LogP contribution is 2.38. The van der Waals surface area contributed by atoms with Crippen LogP contribution in [0.25, 0.3) is 0 Å². The summed E-state index contributed by atoms with van der Waals surface area (Å²) in [5.74, 6) is -0.920. The minimum absolute atomic E-state index is 0. The van der Waals surface area contributed by atoms with Crippen molar-refractivity contribution in [3.05, 3.63) is 28.8 Å². The van der Waals surface area contributed by atoms with Crippen molar-refractivity contribution in [2.24, 2.45) is 11.8 Å². The van der Waals surface area contributed by atoms with E-state index in [0.29, 0.717) is 18.9 Å². The topological polar surface area (TPSA) is 95.9 Å². The lowest BCUT2D eigenvalue weighted by Crippen LogP contribution is -2.50. The maximum atomic E-state index is 11.4. The lowest BCUT2D eigenvalue weighted by molar-refractivity contribution is -0.141. The molecule has 1 aliphatic heterocycles. The van der Waals surface area contributed by atoms with Crippen molar-refractivity contribution >= 4 is 35.9 Å². The summed E-state index contributed by atoms with van der Waals surface area (Å²) in [6.07, 6.45) is 2.97. The lowest BCUT2D eigenvalue weighted by atomic mass is 9.72. The van der Waals surface area contributed by atoms with Crippen LogP contribution < -0.4 is 10.1 Å². The van der Waals surface area contributed by atoms with E-state index in [4.69, 9.17) is 16.3 Å². The lowest BCUT2D eigenvalue weighted by Gasteiger charge is -2.41. The van der Waals surface area contributed by atoms with Gasteiger partial charge in [0.15, 0.2) is 0 Å². The van der Waals surface area contributed by atoms with Gasteiger partial charge in [-0.1, -0.05) is 17.7 Å². The van der Waals surface area contributed by atoms with E-state index in [9.17, 15) is 19.8 Å². The highest BCUT2D eigenvalue weighted by molar-refractivity contribution is 6.33. The summed E-state index contributed by atoms with van der Waals surface area (Å²) in [6, 6.07) is 4.30. The van der Waals surface area contributed by atoms with Crippen LogP contribution in [0.4, 0.5) is 0 Å². The van der Waals surface area contributed by atoms with Gasteiger partial charge in [-0.2, -0.15) is 0 Å². The minimum Gasteiger partial charge on any atom is -0.489 e. The van der Waals surface area contributed by atoms with Gasteiger partial charge in [-0.3, -0.25) is 4.79 Å².